The average molecular weight is 344 g/mol. The largest absolute Gasteiger partial charge is 0.395 e. The first-order chi connectivity index (χ1) is 12.2. The van der Waals surface area contributed by atoms with E-state index in [2.05, 4.69) is 53.5 Å². The summed E-state index contributed by atoms with van der Waals surface area (Å²) in [6.07, 6.45) is 6.93. The lowest BCUT2D eigenvalue weighted by Crippen LogP contribution is -2.49. The van der Waals surface area contributed by atoms with Crippen LogP contribution in [0.2, 0.25) is 0 Å². The molecule has 1 heterocycles. The average Bonchev–Trinajstić information content (AvgIpc) is 3.42. The summed E-state index contributed by atoms with van der Waals surface area (Å²) < 4.78 is 0. The van der Waals surface area contributed by atoms with Crippen molar-refractivity contribution in [3.8, 4) is 0 Å². The highest BCUT2D eigenvalue weighted by molar-refractivity contribution is 5.54. The van der Waals surface area contributed by atoms with Crippen LogP contribution in [0.15, 0.2) is 35.9 Å². The molecule has 1 saturated carbocycles. The molecule has 2 atom stereocenters. The number of hydrogen-bond donors (Lipinski definition) is 3. The molecule has 2 aliphatic rings. The number of hydrogen-bond acceptors (Lipinski definition) is 4. The number of benzene rings is 1. The summed E-state index contributed by atoms with van der Waals surface area (Å²) in [5.74, 6) is 0.686. The van der Waals surface area contributed by atoms with Gasteiger partial charge in [-0.2, -0.15) is 0 Å². The number of nitrogens with one attached hydrogen (secondary N) is 1. The Morgan fingerprint density at radius 3 is 2.48 bits per heavy atom. The van der Waals surface area contributed by atoms with E-state index in [1.165, 1.54) is 12.0 Å². The lowest BCUT2D eigenvalue weighted by molar-refractivity contribution is 0.0540. The van der Waals surface area contributed by atoms with E-state index in [0.29, 0.717) is 18.0 Å². The van der Waals surface area contributed by atoms with Crippen molar-refractivity contribution < 1.29 is 10.2 Å². The van der Waals surface area contributed by atoms with Crippen LogP contribution < -0.4 is 5.32 Å². The van der Waals surface area contributed by atoms with Gasteiger partial charge in [0.25, 0.3) is 0 Å². The number of aliphatic hydroxyl groups is 2. The Labute approximate surface area is 151 Å². The number of likely N-dealkylation sites (tertiary alicyclic amines) is 1. The van der Waals surface area contributed by atoms with E-state index in [1.807, 2.05) is 0 Å². The van der Waals surface area contributed by atoms with Gasteiger partial charge in [-0.15, -0.1) is 0 Å². The lowest BCUT2D eigenvalue weighted by Gasteiger charge is -2.36. The second-order valence-corrected chi connectivity index (χ2v) is 7.43. The van der Waals surface area contributed by atoms with Gasteiger partial charge in [0.05, 0.1) is 19.3 Å². The molecule has 1 aromatic rings. The third kappa shape index (κ3) is 4.91. The molecule has 0 unspecified atom stereocenters. The topological polar surface area (TPSA) is 55.7 Å². The molecular weight excluding hydrogens is 312 g/mol. The van der Waals surface area contributed by atoms with Crippen LogP contribution in [0.25, 0.3) is 6.08 Å². The maximum absolute atomic E-state index is 9.32. The van der Waals surface area contributed by atoms with Crippen LogP contribution in [0.1, 0.15) is 38.2 Å². The van der Waals surface area contributed by atoms with E-state index in [4.69, 9.17) is 0 Å². The predicted octanol–water partition coefficient (Wildman–Crippen LogP) is 2.28. The fraction of sp³-hybridized carbons (Fsp3) is 0.619. The van der Waals surface area contributed by atoms with Gasteiger partial charge in [-0.1, -0.05) is 48.9 Å². The Morgan fingerprint density at radius 1 is 1.20 bits per heavy atom. The van der Waals surface area contributed by atoms with E-state index in [1.54, 1.807) is 5.57 Å². The van der Waals surface area contributed by atoms with Gasteiger partial charge >= 0.3 is 0 Å². The van der Waals surface area contributed by atoms with Crippen molar-refractivity contribution in [1.82, 2.24) is 10.2 Å². The van der Waals surface area contributed by atoms with Crippen molar-refractivity contribution in [2.45, 2.75) is 50.7 Å². The third-order valence-electron chi connectivity index (χ3n) is 5.74. The summed E-state index contributed by atoms with van der Waals surface area (Å²) in [7, 11) is 0. The molecule has 3 rings (SSSR count). The van der Waals surface area contributed by atoms with Crippen molar-refractivity contribution >= 4 is 6.08 Å². The maximum Gasteiger partial charge on any atom is 0.0609 e. The van der Waals surface area contributed by atoms with E-state index in [9.17, 15) is 10.2 Å². The molecule has 25 heavy (non-hydrogen) atoms. The highest BCUT2D eigenvalue weighted by Gasteiger charge is 2.40. The molecule has 4 heteroatoms. The van der Waals surface area contributed by atoms with Gasteiger partial charge in [0.2, 0.25) is 0 Å². The first-order valence-corrected chi connectivity index (χ1v) is 9.72. The molecule has 4 nitrogen and oxygen atoms in total. The van der Waals surface area contributed by atoms with Crippen LogP contribution >= 0.6 is 0 Å². The van der Waals surface area contributed by atoms with Crippen molar-refractivity contribution in [1.29, 1.82) is 0 Å². The van der Waals surface area contributed by atoms with Gasteiger partial charge in [0.1, 0.15) is 0 Å². The zero-order valence-corrected chi connectivity index (χ0v) is 15.3. The SMILES string of the molecule is CC/C(=C\c1ccccc1)[C@@H]1C[C@H]1NC1CCN(C(CO)CO)CC1. The van der Waals surface area contributed by atoms with Gasteiger partial charge in [-0.05, 0) is 37.2 Å². The first-order valence-electron chi connectivity index (χ1n) is 9.72. The molecule has 0 bridgehead atoms. The standard InChI is InChI=1S/C21H32N2O2/c1-2-17(12-16-6-4-3-5-7-16)20-13-21(20)22-18-8-10-23(11-9-18)19(14-24)15-25/h3-7,12,18-22,24-25H,2,8-11,13-15H2,1H3/b17-12+/t20-,21+/m0/s1. The molecular formula is C21H32N2O2. The van der Waals surface area contributed by atoms with Crippen molar-refractivity contribution in [3.05, 3.63) is 41.5 Å². The van der Waals surface area contributed by atoms with Crippen LogP contribution in [0, 0.1) is 5.92 Å². The van der Waals surface area contributed by atoms with Crippen LogP contribution in [0.5, 0.6) is 0 Å². The Hall–Kier alpha value is -1.20. The Morgan fingerprint density at radius 2 is 1.88 bits per heavy atom. The third-order valence-corrected chi connectivity index (χ3v) is 5.74. The van der Waals surface area contributed by atoms with Crippen LogP contribution in [0.4, 0.5) is 0 Å². The Balaban J connectivity index is 1.47. The highest BCUT2D eigenvalue weighted by atomic mass is 16.3. The van der Waals surface area contributed by atoms with Crippen LogP contribution in [-0.4, -0.2) is 59.5 Å². The zero-order valence-electron chi connectivity index (χ0n) is 15.3. The quantitative estimate of drug-likeness (QED) is 0.677. The fourth-order valence-electron chi connectivity index (χ4n) is 4.05. The maximum atomic E-state index is 9.32. The Kier molecular flexibility index (Phi) is 6.65. The second-order valence-electron chi connectivity index (χ2n) is 7.43. The van der Waals surface area contributed by atoms with Crippen molar-refractivity contribution in [2.75, 3.05) is 26.3 Å². The monoisotopic (exact) mass is 344 g/mol. The minimum Gasteiger partial charge on any atom is -0.395 e. The smallest absolute Gasteiger partial charge is 0.0609 e. The normalized spacial score (nSPS) is 25.5. The fourth-order valence-corrected chi connectivity index (χ4v) is 4.05. The van der Waals surface area contributed by atoms with Crippen LogP contribution in [-0.2, 0) is 0 Å². The van der Waals surface area contributed by atoms with E-state index < -0.39 is 0 Å². The molecule has 138 valence electrons. The molecule has 1 aromatic carbocycles. The Bertz CT molecular complexity index is 548. The number of rotatable bonds is 8. The molecule has 2 fully saturated rings. The van der Waals surface area contributed by atoms with E-state index >= 15 is 0 Å². The minimum absolute atomic E-state index is 0.0451. The first kappa shape index (κ1) is 18.6. The van der Waals surface area contributed by atoms with Crippen molar-refractivity contribution in [2.24, 2.45) is 5.92 Å². The number of piperidine rings is 1. The molecule has 0 amide bonds. The van der Waals surface area contributed by atoms with Gasteiger partial charge in [-0.3, -0.25) is 4.90 Å². The van der Waals surface area contributed by atoms with E-state index in [-0.39, 0.29) is 19.3 Å². The summed E-state index contributed by atoms with van der Waals surface area (Å²) >= 11 is 0. The molecule has 0 aromatic heterocycles. The molecule has 1 saturated heterocycles. The molecule has 0 spiro atoms. The number of nitrogens with zero attached hydrogens (tertiary/aromatic N) is 1. The van der Waals surface area contributed by atoms with Gasteiger partial charge in [0.15, 0.2) is 0 Å². The molecule has 3 N–H and O–H groups in total. The summed E-state index contributed by atoms with van der Waals surface area (Å²) in [6, 6.07) is 11.7. The lowest BCUT2D eigenvalue weighted by atomic mass is 10.0. The van der Waals surface area contributed by atoms with Crippen LogP contribution in [0.3, 0.4) is 0 Å². The zero-order chi connectivity index (χ0) is 17.6. The molecule has 0 radical (unpaired) electrons. The summed E-state index contributed by atoms with van der Waals surface area (Å²) in [5, 5.41) is 22.5. The minimum atomic E-state index is -0.0878. The predicted molar refractivity (Wildman–Crippen MR) is 102 cm³/mol. The molecule has 1 aliphatic heterocycles. The summed E-state index contributed by atoms with van der Waals surface area (Å²) in [6.45, 7) is 4.27. The highest BCUT2D eigenvalue weighted by Crippen LogP contribution is 2.40. The van der Waals surface area contributed by atoms with Gasteiger partial charge in [0, 0.05) is 25.2 Å². The summed E-state index contributed by atoms with van der Waals surface area (Å²) in [4.78, 5) is 2.22. The second kappa shape index (κ2) is 8.95. The van der Waals surface area contributed by atoms with E-state index in [0.717, 1.165) is 32.4 Å². The van der Waals surface area contributed by atoms with Crippen molar-refractivity contribution in [3.63, 3.8) is 0 Å². The summed E-state index contributed by atoms with van der Waals surface area (Å²) in [5.41, 5.74) is 2.86. The van der Waals surface area contributed by atoms with Gasteiger partial charge in [-0.25, -0.2) is 0 Å². The number of aliphatic hydroxyl groups excluding tert-OH is 2. The molecule has 1 aliphatic carbocycles. The van der Waals surface area contributed by atoms with Gasteiger partial charge < -0.3 is 15.5 Å².